The maximum Gasteiger partial charge on any atom is 0.161 e. The molecule has 0 atom stereocenters. The summed E-state index contributed by atoms with van der Waals surface area (Å²) in [7, 11) is 3.27. The Hall–Kier alpha value is -2.92. The molecule has 0 aliphatic carbocycles. The molecule has 0 bridgehead atoms. The van der Waals surface area contributed by atoms with Gasteiger partial charge in [0.2, 0.25) is 0 Å². The molecule has 5 heteroatoms. The molecule has 4 aromatic rings. The Morgan fingerprint density at radius 1 is 0.885 bits per heavy atom. The number of rotatable bonds is 4. The molecule has 0 saturated carbocycles. The quantitative estimate of drug-likeness (QED) is 0.491. The Balaban J connectivity index is 1.80. The lowest BCUT2D eigenvalue weighted by Crippen LogP contribution is -1.91. The number of methoxy groups -OCH3 is 2. The van der Waals surface area contributed by atoms with Crippen LogP contribution in [0.1, 0.15) is 5.69 Å². The van der Waals surface area contributed by atoms with E-state index < -0.39 is 0 Å². The summed E-state index contributed by atoms with van der Waals surface area (Å²) in [5, 5.41) is 4.17. The molecule has 4 nitrogen and oxygen atoms in total. The van der Waals surface area contributed by atoms with Crippen LogP contribution in [0, 0.1) is 6.92 Å². The van der Waals surface area contributed by atoms with Crippen LogP contribution in [-0.4, -0.2) is 24.2 Å². The SMILES string of the molecule is COc1ccc(-c2csc(-c3cc(C)nc4ccccc34)n2)cc1OC. The Kier molecular flexibility index (Phi) is 4.31. The second kappa shape index (κ2) is 6.77. The average molecular weight is 362 g/mol. The molecule has 0 aliphatic heterocycles. The number of aryl methyl sites for hydroxylation is 1. The second-order valence-electron chi connectivity index (χ2n) is 5.94. The third kappa shape index (κ3) is 2.91. The summed E-state index contributed by atoms with van der Waals surface area (Å²) in [5.41, 5.74) is 5.02. The molecular formula is C21H18N2O2S. The molecule has 130 valence electrons. The van der Waals surface area contributed by atoms with Gasteiger partial charge in [-0.1, -0.05) is 18.2 Å². The topological polar surface area (TPSA) is 44.2 Å². The van der Waals surface area contributed by atoms with Gasteiger partial charge in [0, 0.05) is 27.6 Å². The molecule has 0 aliphatic rings. The van der Waals surface area contributed by atoms with E-state index in [2.05, 4.69) is 22.5 Å². The summed E-state index contributed by atoms with van der Waals surface area (Å²) < 4.78 is 10.7. The van der Waals surface area contributed by atoms with Gasteiger partial charge >= 0.3 is 0 Å². The summed E-state index contributed by atoms with van der Waals surface area (Å²) >= 11 is 1.63. The lowest BCUT2D eigenvalue weighted by molar-refractivity contribution is 0.355. The lowest BCUT2D eigenvalue weighted by Gasteiger charge is -2.08. The van der Waals surface area contributed by atoms with Gasteiger partial charge in [-0.3, -0.25) is 4.98 Å². The molecule has 2 aromatic heterocycles. The van der Waals surface area contributed by atoms with Crippen molar-refractivity contribution in [3.05, 3.63) is 59.6 Å². The molecule has 2 aromatic carbocycles. The minimum Gasteiger partial charge on any atom is -0.493 e. The van der Waals surface area contributed by atoms with Crippen LogP contribution in [0.25, 0.3) is 32.7 Å². The third-order valence-electron chi connectivity index (χ3n) is 4.26. The number of nitrogens with zero attached hydrogens (tertiary/aromatic N) is 2. The van der Waals surface area contributed by atoms with Gasteiger partial charge < -0.3 is 9.47 Å². The number of hydrogen-bond donors (Lipinski definition) is 0. The van der Waals surface area contributed by atoms with Crippen LogP contribution in [0.4, 0.5) is 0 Å². The first-order valence-electron chi connectivity index (χ1n) is 8.24. The molecule has 2 heterocycles. The molecule has 0 fully saturated rings. The number of aromatic nitrogens is 2. The molecule has 26 heavy (non-hydrogen) atoms. The second-order valence-corrected chi connectivity index (χ2v) is 6.79. The zero-order chi connectivity index (χ0) is 18.1. The van der Waals surface area contributed by atoms with Gasteiger partial charge in [0.15, 0.2) is 11.5 Å². The molecule has 0 radical (unpaired) electrons. The van der Waals surface area contributed by atoms with Crippen molar-refractivity contribution >= 4 is 22.2 Å². The summed E-state index contributed by atoms with van der Waals surface area (Å²) in [6, 6.07) is 16.1. The van der Waals surface area contributed by atoms with Gasteiger partial charge in [0.1, 0.15) is 5.01 Å². The Morgan fingerprint density at radius 2 is 1.69 bits per heavy atom. The molecular weight excluding hydrogens is 344 g/mol. The number of thiazole rings is 1. The molecule has 0 N–H and O–H groups in total. The molecule has 0 saturated heterocycles. The fourth-order valence-electron chi connectivity index (χ4n) is 3.01. The first-order chi connectivity index (χ1) is 12.7. The first kappa shape index (κ1) is 16.5. The van der Waals surface area contributed by atoms with Crippen molar-refractivity contribution in [1.29, 1.82) is 0 Å². The molecule has 0 spiro atoms. The van der Waals surface area contributed by atoms with Gasteiger partial charge in [-0.2, -0.15) is 0 Å². The normalized spacial score (nSPS) is 10.9. The van der Waals surface area contributed by atoms with Gasteiger partial charge in [-0.25, -0.2) is 4.98 Å². The number of pyridine rings is 1. The summed E-state index contributed by atoms with van der Waals surface area (Å²) in [4.78, 5) is 9.48. The Labute approximate surface area is 156 Å². The van der Waals surface area contributed by atoms with Gasteiger partial charge in [-0.05, 0) is 37.3 Å². The van der Waals surface area contributed by atoms with E-state index in [0.29, 0.717) is 11.5 Å². The number of benzene rings is 2. The Bertz CT molecular complexity index is 1090. The van der Waals surface area contributed by atoms with Gasteiger partial charge in [-0.15, -0.1) is 11.3 Å². The maximum atomic E-state index is 5.41. The van der Waals surface area contributed by atoms with Crippen molar-refractivity contribution in [2.45, 2.75) is 6.92 Å². The van der Waals surface area contributed by atoms with Crippen LogP contribution in [0.5, 0.6) is 11.5 Å². The number of para-hydroxylation sites is 1. The van der Waals surface area contributed by atoms with Crippen molar-refractivity contribution in [1.82, 2.24) is 9.97 Å². The van der Waals surface area contributed by atoms with Crippen molar-refractivity contribution in [3.63, 3.8) is 0 Å². The highest BCUT2D eigenvalue weighted by Gasteiger charge is 2.13. The van der Waals surface area contributed by atoms with E-state index in [1.807, 2.05) is 43.3 Å². The number of fused-ring (bicyclic) bond motifs is 1. The van der Waals surface area contributed by atoms with E-state index in [1.54, 1.807) is 25.6 Å². The van der Waals surface area contributed by atoms with Crippen LogP contribution in [0.15, 0.2) is 53.9 Å². The molecule has 4 rings (SSSR count). The zero-order valence-electron chi connectivity index (χ0n) is 14.8. The van der Waals surface area contributed by atoms with Crippen molar-refractivity contribution in [3.8, 4) is 33.3 Å². The fraction of sp³-hybridized carbons (Fsp3) is 0.143. The van der Waals surface area contributed by atoms with Crippen molar-refractivity contribution < 1.29 is 9.47 Å². The summed E-state index contributed by atoms with van der Waals surface area (Å²) in [5.74, 6) is 1.41. The number of hydrogen-bond acceptors (Lipinski definition) is 5. The maximum absolute atomic E-state index is 5.41. The van der Waals surface area contributed by atoms with E-state index in [0.717, 1.165) is 38.4 Å². The van der Waals surface area contributed by atoms with Crippen molar-refractivity contribution in [2.75, 3.05) is 14.2 Å². The van der Waals surface area contributed by atoms with Crippen LogP contribution < -0.4 is 9.47 Å². The minimum atomic E-state index is 0.699. The predicted molar refractivity (Wildman–Crippen MR) is 106 cm³/mol. The largest absolute Gasteiger partial charge is 0.493 e. The molecule has 0 amide bonds. The first-order valence-corrected chi connectivity index (χ1v) is 9.12. The summed E-state index contributed by atoms with van der Waals surface area (Å²) in [6.45, 7) is 2.01. The highest BCUT2D eigenvalue weighted by Crippen LogP contribution is 2.36. The van der Waals surface area contributed by atoms with Crippen LogP contribution in [0.3, 0.4) is 0 Å². The third-order valence-corrected chi connectivity index (χ3v) is 5.13. The fourth-order valence-corrected chi connectivity index (χ4v) is 3.87. The van der Waals surface area contributed by atoms with Crippen molar-refractivity contribution in [2.24, 2.45) is 0 Å². The Morgan fingerprint density at radius 3 is 2.50 bits per heavy atom. The van der Waals surface area contributed by atoms with E-state index in [4.69, 9.17) is 14.5 Å². The monoisotopic (exact) mass is 362 g/mol. The van der Waals surface area contributed by atoms with E-state index in [1.165, 1.54) is 0 Å². The average Bonchev–Trinajstić information content (AvgIpc) is 3.16. The summed E-state index contributed by atoms with van der Waals surface area (Å²) in [6.07, 6.45) is 0. The minimum absolute atomic E-state index is 0.699. The number of ether oxygens (including phenoxy) is 2. The molecule has 0 unspecified atom stereocenters. The van der Waals surface area contributed by atoms with Crippen LogP contribution in [0.2, 0.25) is 0 Å². The highest BCUT2D eigenvalue weighted by atomic mass is 32.1. The van der Waals surface area contributed by atoms with Gasteiger partial charge in [0.05, 0.1) is 25.4 Å². The van der Waals surface area contributed by atoms with Gasteiger partial charge in [0.25, 0.3) is 0 Å². The predicted octanol–water partition coefficient (Wildman–Crippen LogP) is 5.35. The van der Waals surface area contributed by atoms with E-state index in [9.17, 15) is 0 Å². The van der Waals surface area contributed by atoms with E-state index in [-0.39, 0.29) is 0 Å². The van der Waals surface area contributed by atoms with E-state index >= 15 is 0 Å². The standard InChI is InChI=1S/C21H18N2O2S/c1-13-10-16(15-6-4-5-7-17(15)22-13)21-23-18(12-26-21)14-8-9-19(24-2)20(11-14)25-3/h4-12H,1-3H3. The lowest BCUT2D eigenvalue weighted by atomic mass is 10.1. The smallest absolute Gasteiger partial charge is 0.161 e. The van der Waals surface area contributed by atoms with Crippen LogP contribution >= 0.6 is 11.3 Å². The van der Waals surface area contributed by atoms with Crippen LogP contribution in [-0.2, 0) is 0 Å². The highest BCUT2D eigenvalue weighted by molar-refractivity contribution is 7.13. The zero-order valence-corrected chi connectivity index (χ0v) is 15.6.